The lowest BCUT2D eigenvalue weighted by molar-refractivity contribution is 0.100. The number of carbonyl (C=O) groups is 1. The van der Waals surface area contributed by atoms with Crippen LogP contribution in [0.3, 0.4) is 0 Å². The maximum Gasteiger partial charge on any atom is 0.283 e. The first-order valence-electron chi connectivity index (χ1n) is 9.73. The molecule has 0 atom stereocenters. The second kappa shape index (κ2) is 7.29. The van der Waals surface area contributed by atoms with Crippen molar-refractivity contribution >= 4 is 27.7 Å². The molecule has 1 N–H and O–H groups in total. The number of amides is 1. The van der Waals surface area contributed by atoms with Crippen molar-refractivity contribution in [3.05, 3.63) is 64.8 Å². The van der Waals surface area contributed by atoms with Gasteiger partial charge in [-0.1, -0.05) is 30.3 Å². The monoisotopic (exact) mass is 405 g/mol. The molecule has 0 aliphatic carbocycles. The molecular formula is C22H23N5O3. The van der Waals surface area contributed by atoms with Crippen LogP contribution in [0.2, 0.25) is 0 Å². The number of nitrogens with zero attached hydrogens (tertiary/aromatic N) is 4. The highest BCUT2D eigenvalue weighted by Gasteiger charge is 2.21. The highest BCUT2D eigenvalue weighted by Crippen LogP contribution is 2.28. The Morgan fingerprint density at radius 1 is 1.13 bits per heavy atom. The summed E-state index contributed by atoms with van der Waals surface area (Å²) in [7, 11) is 0. The maximum atomic E-state index is 13.2. The maximum absolute atomic E-state index is 13.2. The lowest BCUT2D eigenvalue weighted by Crippen LogP contribution is -2.34. The van der Waals surface area contributed by atoms with Crippen LogP contribution in [0.4, 0.5) is 0 Å². The third kappa shape index (κ3) is 3.30. The Morgan fingerprint density at radius 3 is 2.63 bits per heavy atom. The first-order valence-corrected chi connectivity index (χ1v) is 9.73. The molecule has 2 heterocycles. The zero-order valence-electron chi connectivity index (χ0n) is 17.3. The van der Waals surface area contributed by atoms with Gasteiger partial charge in [0.05, 0.1) is 23.9 Å². The summed E-state index contributed by atoms with van der Waals surface area (Å²) in [6, 6.07) is 11.2. The molecule has 30 heavy (non-hydrogen) atoms. The Hall–Kier alpha value is -3.68. The van der Waals surface area contributed by atoms with Crippen molar-refractivity contribution in [3.63, 3.8) is 0 Å². The zero-order chi connectivity index (χ0) is 21.5. The van der Waals surface area contributed by atoms with Crippen LogP contribution in [0.15, 0.2) is 53.7 Å². The van der Waals surface area contributed by atoms with Crippen molar-refractivity contribution in [3.8, 4) is 5.75 Å². The van der Waals surface area contributed by atoms with Crippen molar-refractivity contribution < 1.29 is 9.53 Å². The molecule has 0 fully saturated rings. The number of aromatic nitrogens is 4. The van der Waals surface area contributed by atoms with Gasteiger partial charge in [0, 0.05) is 0 Å². The second-order valence-electron chi connectivity index (χ2n) is 7.92. The van der Waals surface area contributed by atoms with Gasteiger partial charge in [-0.2, -0.15) is 5.10 Å². The summed E-state index contributed by atoms with van der Waals surface area (Å²) in [5.74, 6) is -0.00180. The molecule has 4 aromatic rings. The fourth-order valence-electron chi connectivity index (χ4n) is 3.41. The van der Waals surface area contributed by atoms with E-state index in [-0.39, 0.29) is 5.54 Å². The standard InChI is InChI=1S/C22H23N5O3/c1-5-30-17-11-10-14-8-6-7-9-15(14)18(17)20(28)25-26-13-23-19-16(21(26)29)12-24-27(19)22(2,3)4/h6-13H,5H2,1-4H3,(H,25,28). The van der Waals surface area contributed by atoms with E-state index in [9.17, 15) is 9.59 Å². The molecule has 0 saturated carbocycles. The highest BCUT2D eigenvalue weighted by atomic mass is 16.5. The van der Waals surface area contributed by atoms with Crippen LogP contribution in [-0.4, -0.2) is 32.0 Å². The van der Waals surface area contributed by atoms with Crippen molar-refractivity contribution in [2.75, 3.05) is 12.0 Å². The van der Waals surface area contributed by atoms with Gasteiger partial charge in [0.1, 0.15) is 17.5 Å². The van der Waals surface area contributed by atoms with Crippen LogP contribution >= 0.6 is 0 Å². The largest absolute Gasteiger partial charge is 0.493 e. The smallest absolute Gasteiger partial charge is 0.283 e. The summed E-state index contributed by atoms with van der Waals surface area (Å²) in [5.41, 5.74) is 2.75. The average Bonchev–Trinajstić information content (AvgIpc) is 3.15. The average molecular weight is 405 g/mol. The van der Waals surface area contributed by atoms with Gasteiger partial charge in [0.15, 0.2) is 5.65 Å². The van der Waals surface area contributed by atoms with Gasteiger partial charge in [-0.15, -0.1) is 0 Å². The third-order valence-electron chi connectivity index (χ3n) is 4.76. The van der Waals surface area contributed by atoms with Crippen molar-refractivity contribution in [1.82, 2.24) is 19.4 Å². The summed E-state index contributed by atoms with van der Waals surface area (Å²) in [6.45, 7) is 8.20. The lowest BCUT2D eigenvalue weighted by atomic mass is 10.0. The quantitative estimate of drug-likeness (QED) is 0.563. The van der Waals surface area contributed by atoms with Gasteiger partial charge in [-0.05, 0) is 44.5 Å². The molecule has 0 spiro atoms. The topological polar surface area (TPSA) is 91.0 Å². The number of carbonyl (C=O) groups excluding carboxylic acids is 1. The highest BCUT2D eigenvalue weighted by molar-refractivity contribution is 6.12. The van der Waals surface area contributed by atoms with E-state index in [0.29, 0.717) is 29.0 Å². The van der Waals surface area contributed by atoms with Gasteiger partial charge in [0.25, 0.3) is 11.5 Å². The summed E-state index contributed by atoms with van der Waals surface area (Å²) < 4.78 is 8.44. The van der Waals surface area contributed by atoms with Crippen LogP contribution in [0.5, 0.6) is 5.75 Å². The fourth-order valence-corrected chi connectivity index (χ4v) is 3.41. The van der Waals surface area contributed by atoms with Gasteiger partial charge in [-0.25, -0.2) is 14.3 Å². The molecule has 0 radical (unpaired) electrons. The summed E-state index contributed by atoms with van der Waals surface area (Å²) in [5, 5.41) is 6.26. The first-order chi connectivity index (χ1) is 14.3. The van der Waals surface area contributed by atoms with Gasteiger partial charge < -0.3 is 4.74 Å². The van der Waals surface area contributed by atoms with E-state index < -0.39 is 11.5 Å². The number of rotatable bonds is 4. The Bertz CT molecular complexity index is 1310. The van der Waals surface area contributed by atoms with Crippen molar-refractivity contribution in [2.45, 2.75) is 33.2 Å². The van der Waals surface area contributed by atoms with Crippen LogP contribution in [0, 0.1) is 0 Å². The third-order valence-corrected chi connectivity index (χ3v) is 4.76. The van der Waals surface area contributed by atoms with Crippen molar-refractivity contribution in [2.24, 2.45) is 0 Å². The lowest BCUT2D eigenvalue weighted by Gasteiger charge is -2.19. The summed E-state index contributed by atoms with van der Waals surface area (Å²) >= 11 is 0. The molecule has 0 unspecified atom stereocenters. The van der Waals surface area contributed by atoms with Gasteiger partial charge >= 0.3 is 0 Å². The minimum Gasteiger partial charge on any atom is -0.493 e. The molecule has 154 valence electrons. The predicted molar refractivity (Wildman–Crippen MR) is 116 cm³/mol. The molecule has 0 bridgehead atoms. The van der Waals surface area contributed by atoms with E-state index in [4.69, 9.17) is 4.74 Å². The van der Waals surface area contributed by atoms with E-state index >= 15 is 0 Å². The van der Waals surface area contributed by atoms with E-state index in [0.717, 1.165) is 15.4 Å². The summed E-state index contributed by atoms with van der Waals surface area (Å²) in [4.78, 5) is 30.5. The van der Waals surface area contributed by atoms with Crippen LogP contribution in [-0.2, 0) is 5.54 Å². The molecule has 4 rings (SSSR count). The number of benzene rings is 2. The second-order valence-corrected chi connectivity index (χ2v) is 7.92. The van der Waals surface area contributed by atoms with Crippen LogP contribution in [0.1, 0.15) is 38.1 Å². The first kappa shape index (κ1) is 19.6. The minimum atomic E-state index is -0.457. The number of fused-ring (bicyclic) bond motifs is 2. The normalized spacial score (nSPS) is 11.7. The predicted octanol–water partition coefficient (Wildman–Crippen LogP) is 3.28. The Kier molecular flexibility index (Phi) is 4.77. The minimum absolute atomic E-state index is 0.327. The SMILES string of the molecule is CCOc1ccc2ccccc2c1C(=O)Nn1cnc2c(cnn2C(C)(C)C)c1=O. The molecule has 1 amide bonds. The van der Waals surface area contributed by atoms with E-state index in [1.807, 2.05) is 58.0 Å². The Balaban J connectivity index is 1.78. The Labute approximate surface area is 173 Å². The van der Waals surface area contributed by atoms with E-state index in [1.165, 1.54) is 12.5 Å². The Morgan fingerprint density at radius 2 is 1.90 bits per heavy atom. The molecule has 8 nitrogen and oxygen atoms in total. The molecule has 8 heteroatoms. The fraction of sp³-hybridized carbons (Fsp3) is 0.273. The summed E-state index contributed by atoms with van der Waals surface area (Å²) in [6.07, 6.45) is 2.78. The number of ether oxygens (including phenoxy) is 1. The molecule has 2 aromatic carbocycles. The van der Waals surface area contributed by atoms with Gasteiger partial charge in [-0.3, -0.25) is 15.0 Å². The number of nitrogens with one attached hydrogen (secondary N) is 1. The van der Waals surface area contributed by atoms with Gasteiger partial charge in [0.2, 0.25) is 0 Å². The molecular weight excluding hydrogens is 382 g/mol. The molecule has 2 aromatic heterocycles. The molecule has 0 saturated heterocycles. The van der Waals surface area contributed by atoms with E-state index in [2.05, 4.69) is 15.5 Å². The van der Waals surface area contributed by atoms with Crippen LogP contribution < -0.4 is 15.7 Å². The van der Waals surface area contributed by atoms with Crippen LogP contribution in [0.25, 0.3) is 21.8 Å². The molecule has 0 aliphatic heterocycles. The van der Waals surface area contributed by atoms with Crippen molar-refractivity contribution in [1.29, 1.82) is 0 Å². The zero-order valence-corrected chi connectivity index (χ0v) is 17.3. The van der Waals surface area contributed by atoms with E-state index in [1.54, 1.807) is 10.7 Å². The molecule has 0 aliphatic rings. The number of hydrogen-bond donors (Lipinski definition) is 1. The number of hydrogen-bond acceptors (Lipinski definition) is 5.